The third-order valence-corrected chi connectivity index (χ3v) is 2.19. The van der Waals surface area contributed by atoms with E-state index in [1.165, 1.54) is 0 Å². The second kappa shape index (κ2) is 2.98. The van der Waals surface area contributed by atoms with Gasteiger partial charge >= 0.3 is 0 Å². The van der Waals surface area contributed by atoms with Crippen LogP contribution < -0.4 is 4.72 Å². The summed E-state index contributed by atoms with van der Waals surface area (Å²) in [6.07, 6.45) is 3.41. The zero-order chi connectivity index (χ0) is 10.2. The van der Waals surface area contributed by atoms with Crippen LogP contribution in [-0.4, -0.2) is 19.7 Å². The number of nitrogens with zero attached hydrogens (tertiary/aromatic N) is 1. The lowest BCUT2D eigenvalue weighted by Crippen LogP contribution is -2.09. The number of anilines is 1. The molecule has 0 aliphatic heterocycles. The fraction of sp³-hybridized carbons (Fsp3) is 0.125. The van der Waals surface area contributed by atoms with Gasteiger partial charge in [-0.1, -0.05) is 0 Å². The minimum absolute atomic E-state index is 0.460. The molecule has 2 rings (SSSR count). The maximum atomic E-state index is 10.9. The monoisotopic (exact) mass is 211 g/mol. The Morgan fingerprint density at radius 3 is 3.00 bits per heavy atom. The van der Waals surface area contributed by atoms with Crippen LogP contribution in [-0.2, 0) is 10.0 Å². The van der Waals surface area contributed by atoms with E-state index in [0.717, 1.165) is 6.26 Å². The first kappa shape index (κ1) is 9.01. The smallest absolute Gasteiger partial charge is 0.284 e. The lowest BCUT2D eigenvalue weighted by Gasteiger charge is -2.01. The van der Waals surface area contributed by atoms with Crippen LogP contribution in [0.25, 0.3) is 11.1 Å². The molecule has 1 aromatic carbocycles. The highest BCUT2D eigenvalue weighted by atomic mass is 32.2. The molecule has 6 heteroatoms. The Labute approximate surface area is 80.8 Å². The van der Waals surface area contributed by atoms with Crippen LogP contribution in [0.5, 0.6) is 0 Å². The Kier molecular flexibility index (Phi) is 1.92. The molecule has 1 radical (unpaired) electrons. The zero-order valence-electron chi connectivity index (χ0n) is 7.31. The summed E-state index contributed by atoms with van der Waals surface area (Å²) >= 11 is 0. The second-order valence-corrected chi connectivity index (χ2v) is 4.61. The molecule has 0 fully saturated rings. The average molecular weight is 211 g/mol. The summed E-state index contributed by atoms with van der Waals surface area (Å²) in [7, 11) is -3.25. The molecule has 0 saturated heterocycles. The number of rotatable bonds is 2. The standard InChI is InChI=1S/C8H7N2O3S/c1-14(11,12)10-6-2-3-8-7(4-6)9-5-13-8/h2-4,10H,1H3. The number of aromatic nitrogens is 1. The van der Waals surface area contributed by atoms with E-state index >= 15 is 0 Å². The van der Waals surface area contributed by atoms with Crippen LogP contribution in [0.1, 0.15) is 0 Å². The van der Waals surface area contributed by atoms with Crippen molar-refractivity contribution >= 4 is 26.8 Å². The quantitative estimate of drug-likeness (QED) is 0.804. The van der Waals surface area contributed by atoms with Gasteiger partial charge in [-0.3, -0.25) is 4.72 Å². The van der Waals surface area contributed by atoms with Crippen molar-refractivity contribution in [3.05, 3.63) is 24.6 Å². The fourth-order valence-corrected chi connectivity index (χ4v) is 1.64. The molecule has 0 bridgehead atoms. The summed E-state index contributed by atoms with van der Waals surface area (Å²) in [5, 5.41) is 0. The van der Waals surface area contributed by atoms with Gasteiger partial charge < -0.3 is 4.42 Å². The molecule has 0 aliphatic carbocycles. The van der Waals surface area contributed by atoms with E-state index in [1.807, 2.05) is 0 Å². The Bertz CT molecular complexity index is 559. The van der Waals surface area contributed by atoms with Gasteiger partial charge in [-0.2, -0.15) is 0 Å². The molecule has 14 heavy (non-hydrogen) atoms. The van der Waals surface area contributed by atoms with E-state index < -0.39 is 10.0 Å². The second-order valence-electron chi connectivity index (χ2n) is 2.86. The molecule has 0 spiro atoms. The highest BCUT2D eigenvalue weighted by Gasteiger charge is 2.04. The summed E-state index contributed by atoms with van der Waals surface area (Å²) in [6, 6.07) is 4.81. The number of fused-ring (bicyclic) bond motifs is 1. The van der Waals surface area contributed by atoms with Gasteiger partial charge in [0.25, 0.3) is 6.39 Å². The van der Waals surface area contributed by atoms with Gasteiger partial charge in [0.1, 0.15) is 5.52 Å². The van der Waals surface area contributed by atoms with Crippen molar-refractivity contribution in [3.63, 3.8) is 0 Å². The normalized spacial score (nSPS) is 11.8. The van der Waals surface area contributed by atoms with Crippen molar-refractivity contribution in [1.82, 2.24) is 4.98 Å². The first-order chi connectivity index (χ1) is 6.54. The van der Waals surface area contributed by atoms with E-state index in [0.29, 0.717) is 16.8 Å². The zero-order valence-corrected chi connectivity index (χ0v) is 8.13. The molecule has 1 aromatic heterocycles. The van der Waals surface area contributed by atoms with E-state index in [1.54, 1.807) is 18.2 Å². The Morgan fingerprint density at radius 2 is 2.29 bits per heavy atom. The van der Waals surface area contributed by atoms with Crippen LogP contribution in [0.4, 0.5) is 5.69 Å². The number of hydrogen-bond acceptors (Lipinski definition) is 4. The maximum absolute atomic E-state index is 10.9. The van der Waals surface area contributed by atoms with Gasteiger partial charge in [-0.05, 0) is 18.2 Å². The minimum atomic E-state index is -3.25. The third-order valence-electron chi connectivity index (χ3n) is 1.58. The SMILES string of the molecule is CS(=O)(=O)Nc1ccc2o[c]nc2c1. The fourth-order valence-electron chi connectivity index (χ4n) is 1.09. The first-order valence-electron chi connectivity index (χ1n) is 3.79. The summed E-state index contributed by atoms with van der Waals surface area (Å²) in [5.41, 5.74) is 1.60. The van der Waals surface area contributed by atoms with Crippen LogP contribution >= 0.6 is 0 Å². The van der Waals surface area contributed by atoms with Gasteiger partial charge in [0.15, 0.2) is 5.58 Å². The van der Waals surface area contributed by atoms with Crippen LogP contribution in [0.15, 0.2) is 22.6 Å². The van der Waals surface area contributed by atoms with Crippen LogP contribution in [0.3, 0.4) is 0 Å². The molecule has 0 amide bonds. The Balaban J connectivity index is 2.44. The molecule has 0 saturated carbocycles. The van der Waals surface area contributed by atoms with Crippen molar-refractivity contribution in [1.29, 1.82) is 0 Å². The van der Waals surface area contributed by atoms with Gasteiger partial charge in [-0.25, -0.2) is 13.4 Å². The summed E-state index contributed by atoms with van der Waals surface area (Å²) < 4.78 is 29.1. The van der Waals surface area contributed by atoms with Crippen molar-refractivity contribution < 1.29 is 12.8 Å². The molecule has 0 aliphatic rings. The van der Waals surface area contributed by atoms with Crippen molar-refractivity contribution in [2.45, 2.75) is 0 Å². The van der Waals surface area contributed by atoms with Crippen molar-refractivity contribution in [2.75, 3.05) is 11.0 Å². The van der Waals surface area contributed by atoms with Gasteiger partial charge in [0, 0.05) is 0 Å². The van der Waals surface area contributed by atoms with E-state index in [-0.39, 0.29) is 0 Å². The van der Waals surface area contributed by atoms with E-state index in [9.17, 15) is 8.42 Å². The summed E-state index contributed by atoms with van der Waals surface area (Å²) in [5.74, 6) is 0. The number of oxazole rings is 1. The van der Waals surface area contributed by atoms with E-state index in [4.69, 9.17) is 4.42 Å². The lowest BCUT2D eigenvalue weighted by atomic mass is 10.3. The Hall–Kier alpha value is -1.56. The molecule has 0 unspecified atom stereocenters. The molecule has 1 N–H and O–H groups in total. The van der Waals surface area contributed by atoms with Gasteiger partial charge in [-0.15, -0.1) is 0 Å². The topological polar surface area (TPSA) is 72.2 Å². The molecule has 2 aromatic rings. The minimum Gasteiger partial charge on any atom is -0.432 e. The highest BCUT2D eigenvalue weighted by Crippen LogP contribution is 2.17. The van der Waals surface area contributed by atoms with Gasteiger partial charge in [0.2, 0.25) is 10.0 Å². The highest BCUT2D eigenvalue weighted by molar-refractivity contribution is 7.92. The van der Waals surface area contributed by atoms with Crippen LogP contribution in [0, 0.1) is 6.39 Å². The van der Waals surface area contributed by atoms with Crippen LogP contribution in [0.2, 0.25) is 0 Å². The molecule has 1 heterocycles. The predicted molar refractivity (Wildman–Crippen MR) is 51.3 cm³/mol. The number of benzene rings is 1. The maximum Gasteiger partial charge on any atom is 0.284 e. The largest absolute Gasteiger partial charge is 0.432 e. The number of sulfonamides is 1. The molecule has 5 nitrogen and oxygen atoms in total. The predicted octanol–water partition coefficient (Wildman–Crippen LogP) is 0.999. The molecule has 0 atom stereocenters. The Morgan fingerprint density at radius 1 is 1.50 bits per heavy atom. The number of hydrogen-bond donors (Lipinski definition) is 1. The lowest BCUT2D eigenvalue weighted by molar-refractivity contribution is 0.591. The van der Waals surface area contributed by atoms with Crippen molar-refractivity contribution in [2.24, 2.45) is 0 Å². The first-order valence-corrected chi connectivity index (χ1v) is 5.68. The van der Waals surface area contributed by atoms with Gasteiger partial charge in [0.05, 0.1) is 11.9 Å². The number of nitrogens with one attached hydrogen (secondary N) is 1. The molecular formula is C8H7N2O3S. The summed E-state index contributed by atoms with van der Waals surface area (Å²) in [4.78, 5) is 3.78. The average Bonchev–Trinajstić information content (AvgIpc) is 2.47. The van der Waals surface area contributed by atoms with E-state index in [2.05, 4.69) is 16.1 Å². The third kappa shape index (κ3) is 1.85. The molecule has 73 valence electrons. The summed E-state index contributed by atoms with van der Waals surface area (Å²) in [6.45, 7) is 0. The molecular weight excluding hydrogens is 204 g/mol. The van der Waals surface area contributed by atoms with Crippen molar-refractivity contribution in [3.8, 4) is 0 Å².